The number of fused-ring (bicyclic) bond motifs is 1. The Balaban J connectivity index is 1.48. The minimum Gasteiger partial charge on any atom is -0.465 e. The second-order valence-corrected chi connectivity index (χ2v) is 8.08. The molecule has 0 bridgehead atoms. The van der Waals surface area contributed by atoms with Gasteiger partial charge in [-0.2, -0.15) is 0 Å². The third-order valence-electron chi connectivity index (χ3n) is 5.77. The summed E-state index contributed by atoms with van der Waals surface area (Å²) < 4.78 is 22.4. The number of aromatic nitrogens is 1. The first-order valence-corrected chi connectivity index (χ1v) is 10.8. The lowest BCUT2D eigenvalue weighted by Crippen LogP contribution is -2.16. The number of carbonyl (C=O) groups is 3. The van der Waals surface area contributed by atoms with Crippen LogP contribution in [0.2, 0.25) is 0 Å². The summed E-state index contributed by atoms with van der Waals surface area (Å²) in [5.41, 5.74) is 1.95. The lowest BCUT2D eigenvalue weighted by atomic mass is 10.1. The minimum atomic E-state index is -0.980. The van der Waals surface area contributed by atoms with E-state index in [1.165, 1.54) is 0 Å². The summed E-state index contributed by atoms with van der Waals surface area (Å²) in [7, 11) is 1.11. The number of methoxy groups -OCH3 is 1. The molecule has 3 aromatic rings. The molecule has 0 N–H and O–H groups in total. The molecule has 11 heteroatoms. The standard InChI is InChI=1S/C25H22N2O9/c1-14-6-20(15(2)26(14)11-16-4-5-22-23(7-16)36-13-35-22)21(28)12-34-25(30)18-8-17(24(29)33-3)9-19(10-18)27(31)32/h4-10H,11-13H2,1-3H3. The fourth-order valence-electron chi connectivity index (χ4n) is 3.91. The van der Waals surface area contributed by atoms with Crippen molar-refractivity contribution in [3.05, 3.63) is 86.2 Å². The first kappa shape index (κ1) is 24.5. The van der Waals surface area contributed by atoms with Crippen LogP contribution < -0.4 is 9.47 Å². The molecule has 11 nitrogen and oxygen atoms in total. The molecule has 0 atom stereocenters. The molecule has 1 aliphatic heterocycles. The highest BCUT2D eigenvalue weighted by Gasteiger charge is 2.22. The lowest BCUT2D eigenvalue weighted by molar-refractivity contribution is -0.384. The highest BCUT2D eigenvalue weighted by atomic mass is 16.7. The van der Waals surface area contributed by atoms with Crippen LogP contribution in [-0.2, 0) is 16.0 Å². The van der Waals surface area contributed by atoms with Gasteiger partial charge in [-0.3, -0.25) is 14.9 Å². The monoisotopic (exact) mass is 494 g/mol. The Bertz CT molecular complexity index is 1390. The van der Waals surface area contributed by atoms with Crippen LogP contribution in [0, 0.1) is 24.0 Å². The topological polar surface area (TPSA) is 136 Å². The van der Waals surface area contributed by atoms with E-state index >= 15 is 0 Å². The Morgan fingerprint density at radius 2 is 1.69 bits per heavy atom. The number of Topliss-reactive ketones (excluding diaryl/α,β-unsaturated/α-hetero) is 1. The summed E-state index contributed by atoms with van der Waals surface area (Å²) in [4.78, 5) is 47.6. The molecule has 1 aliphatic rings. The second kappa shape index (κ2) is 9.90. The average molecular weight is 494 g/mol. The Morgan fingerprint density at radius 1 is 1.00 bits per heavy atom. The Morgan fingerprint density at radius 3 is 2.39 bits per heavy atom. The van der Waals surface area contributed by atoms with E-state index < -0.39 is 34.9 Å². The van der Waals surface area contributed by atoms with Crippen molar-refractivity contribution < 1.29 is 38.3 Å². The van der Waals surface area contributed by atoms with Crippen LogP contribution >= 0.6 is 0 Å². The van der Waals surface area contributed by atoms with Crippen molar-refractivity contribution in [1.29, 1.82) is 0 Å². The van der Waals surface area contributed by atoms with E-state index in [1.54, 1.807) is 13.0 Å². The fourth-order valence-corrected chi connectivity index (χ4v) is 3.91. The van der Waals surface area contributed by atoms with Gasteiger partial charge in [0.05, 0.1) is 23.2 Å². The summed E-state index contributed by atoms with van der Waals surface area (Å²) >= 11 is 0. The molecule has 0 fully saturated rings. The largest absolute Gasteiger partial charge is 0.465 e. The van der Waals surface area contributed by atoms with Crippen LogP contribution in [-0.4, -0.2) is 47.7 Å². The van der Waals surface area contributed by atoms with Gasteiger partial charge in [-0.1, -0.05) is 6.07 Å². The molecule has 186 valence electrons. The van der Waals surface area contributed by atoms with E-state index in [-0.39, 0.29) is 17.9 Å². The fraction of sp³-hybridized carbons (Fsp3) is 0.240. The minimum absolute atomic E-state index is 0.179. The van der Waals surface area contributed by atoms with Gasteiger partial charge in [0.25, 0.3) is 5.69 Å². The summed E-state index contributed by atoms with van der Waals surface area (Å²) in [5.74, 6) is -0.924. The number of aryl methyl sites for hydroxylation is 1. The van der Waals surface area contributed by atoms with Crippen molar-refractivity contribution in [1.82, 2.24) is 4.57 Å². The molecular formula is C25H22N2O9. The summed E-state index contributed by atoms with van der Waals surface area (Å²) in [6.45, 7) is 3.74. The molecule has 0 saturated heterocycles. The van der Waals surface area contributed by atoms with Gasteiger partial charge in [0, 0.05) is 35.6 Å². The molecular weight excluding hydrogens is 472 g/mol. The van der Waals surface area contributed by atoms with E-state index in [1.807, 2.05) is 29.7 Å². The van der Waals surface area contributed by atoms with Crippen molar-refractivity contribution >= 4 is 23.4 Å². The third kappa shape index (κ3) is 4.90. The normalized spacial score (nSPS) is 11.8. The van der Waals surface area contributed by atoms with Crippen LogP contribution in [0.1, 0.15) is 48.0 Å². The number of nitro groups is 1. The number of carbonyl (C=O) groups excluding carboxylic acids is 3. The molecule has 0 aliphatic carbocycles. The van der Waals surface area contributed by atoms with Crippen LogP contribution in [0.4, 0.5) is 5.69 Å². The zero-order valence-corrected chi connectivity index (χ0v) is 19.7. The Labute approximate surface area is 205 Å². The van der Waals surface area contributed by atoms with E-state index in [2.05, 4.69) is 4.74 Å². The molecule has 36 heavy (non-hydrogen) atoms. The number of non-ortho nitro benzene ring substituents is 1. The number of hydrogen-bond acceptors (Lipinski definition) is 9. The Hall–Kier alpha value is -4.67. The first-order chi connectivity index (χ1) is 17.2. The predicted molar refractivity (Wildman–Crippen MR) is 125 cm³/mol. The average Bonchev–Trinajstić information content (AvgIpc) is 3.45. The molecule has 2 aromatic carbocycles. The molecule has 0 saturated carbocycles. The van der Waals surface area contributed by atoms with E-state index in [9.17, 15) is 24.5 Å². The number of esters is 2. The number of benzene rings is 2. The van der Waals surface area contributed by atoms with Gasteiger partial charge < -0.3 is 23.5 Å². The maximum absolute atomic E-state index is 12.9. The lowest BCUT2D eigenvalue weighted by Gasteiger charge is -2.11. The van der Waals surface area contributed by atoms with Gasteiger partial charge in [-0.15, -0.1) is 0 Å². The predicted octanol–water partition coefficient (Wildman–Crippen LogP) is 3.62. The van der Waals surface area contributed by atoms with Crippen LogP contribution in [0.25, 0.3) is 0 Å². The second-order valence-electron chi connectivity index (χ2n) is 8.08. The number of rotatable bonds is 8. The van der Waals surface area contributed by atoms with Gasteiger partial charge in [0.15, 0.2) is 18.1 Å². The maximum Gasteiger partial charge on any atom is 0.338 e. The number of ether oxygens (including phenoxy) is 4. The van der Waals surface area contributed by atoms with Crippen molar-refractivity contribution in [3.63, 3.8) is 0 Å². The summed E-state index contributed by atoms with van der Waals surface area (Å²) in [6, 6.07) is 10.4. The number of hydrogen-bond donors (Lipinski definition) is 0. The highest BCUT2D eigenvalue weighted by Crippen LogP contribution is 2.33. The zero-order chi connectivity index (χ0) is 26.0. The SMILES string of the molecule is COC(=O)c1cc(C(=O)OCC(=O)c2cc(C)n(Cc3ccc4c(c3)OCO4)c2C)cc([N+](=O)[O-])c1. The van der Waals surface area contributed by atoms with Crippen molar-refractivity contribution in [2.24, 2.45) is 0 Å². The van der Waals surface area contributed by atoms with Crippen molar-refractivity contribution in [2.75, 3.05) is 20.5 Å². The number of nitro benzene ring substituents is 1. The number of nitrogens with zero attached hydrogens (tertiary/aromatic N) is 2. The van der Waals surface area contributed by atoms with Crippen molar-refractivity contribution in [2.45, 2.75) is 20.4 Å². The molecule has 0 amide bonds. The van der Waals surface area contributed by atoms with E-state index in [4.69, 9.17) is 14.2 Å². The van der Waals surface area contributed by atoms with Crippen LogP contribution in [0.15, 0.2) is 42.5 Å². The van der Waals surface area contributed by atoms with Gasteiger partial charge in [0.1, 0.15) is 0 Å². The van der Waals surface area contributed by atoms with Gasteiger partial charge in [-0.05, 0) is 43.7 Å². The molecule has 0 unspecified atom stereocenters. The van der Waals surface area contributed by atoms with Gasteiger partial charge in [-0.25, -0.2) is 9.59 Å². The highest BCUT2D eigenvalue weighted by molar-refractivity contribution is 6.01. The quantitative estimate of drug-likeness (QED) is 0.199. The molecule has 4 rings (SSSR count). The van der Waals surface area contributed by atoms with E-state index in [0.29, 0.717) is 29.3 Å². The maximum atomic E-state index is 12.9. The summed E-state index contributed by atoms with van der Waals surface area (Å²) in [5, 5.41) is 11.2. The van der Waals surface area contributed by atoms with Crippen molar-refractivity contribution in [3.8, 4) is 11.5 Å². The van der Waals surface area contributed by atoms with E-state index in [0.717, 1.165) is 36.6 Å². The summed E-state index contributed by atoms with van der Waals surface area (Å²) in [6.07, 6.45) is 0. The van der Waals surface area contributed by atoms with Gasteiger partial charge >= 0.3 is 11.9 Å². The molecule has 0 spiro atoms. The molecule has 1 aromatic heterocycles. The smallest absolute Gasteiger partial charge is 0.338 e. The number of ketones is 1. The first-order valence-electron chi connectivity index (χ1n) is 10.8. The third-order valence-corrected chi connectivity index (χ3v) is 5.77. The molecule has 2 heterocycles. The van der Waals surface area contributed by atoms with Crippen LogP contribution in [0.3, 0.4) is 0 Å². The molecule has 0 radical (unpaired) electrons. The Kier molecular flexibility index (Phi) is 6.73. The van der Waals surface area contributed by atoms with Gasteiger partial charge in [0.2, 0.25) is 12.6 Å². The zero-order valence-electron chi connectivity index (χ0n) is 19.7. The van der Waals surface area contributed by atoms with Crippen LogP contribution in [0.5, 0.6) is 11.5 Å².